The van der Waals surface area contributed by atoms with Crippen molar-refractivity contribution < 1.29 is 14.3 Å². The number of amides is 2. The Bertz CT molecular complexity index is 803. The van der Waals surface area contributed by atoms with Gasteiger partial charge in [-0.3, -0.25) is 9.59 Å². The third-order valence-corrected chi connectivity index (χ3v) is 4.71. The lowest BCUT2D eigenvalue weighted by Gasteiger charge is -2.28. The number of rotatable bonds is 7. The van der Waals surface area contributed by atoms with Gasteiger partial charge in [-0.2, -0.15) is 0 Å². The number of hydrogen-bond donors (Lipinski definition) is 1. The van der Waals surface area contributed by atoms with Gasteiger partial charge in [0.1, 0.15) is 11.8 Å². The molecule has 27 heavy (non-hydrogen) atoms. The first kappa shape index (κ1) is 21.0. The summed E-state index contributed by atoms with van der Waals surface area (Å²) in [6.07, 6.45) is 0. The number of carbonyl (C=O) groups excluding carboxylic acids is 2. The third kappa shape index (κ3) is 6.10. The second-order valence-corrected chi connectivity index (χ2v) is 7.47. The summed E-state index contributed by atoms with van der Waals surface area (Å²) >= 11 is 3.44. The molecule has 0 unspecified atom stereocenters. The molecule has 144 valence electrons. The Morgan fingerprint density at radius 2 is 1.81 bits per heavy atom. The summed E-state index contributed by atoms with van der Waals surface area (Å²) in [4.78, 5) is 26.5. The average molecular weight is 433 g/mol. The summed E-state index contributed by atoms with van der Waals surface area (Å²) in [6, 6.07) is 12.9. The van der Waals surface area contributed by atoms with E-state index in [0.29, 0.717) is 12.3 Å². The van der Waals surface area contributed by atoms with E-state index >= 15 is 0 Å². The first-order valence-corrected chi connectivity index (χ1v) is 9.56. The Morgan fingerprint density at radius 3 is 2.41 bits per heavy atom. The van der Waals surface area contributed by atoms with Crippen molar-refractivity contribution in [2.75, 3.05) is 13.7 Å². The van der Waals surface area contributed by atoms with Crippen molar-refractivity contribution >= 4 is 27.7 Å². The Balaban J connectivity index is 2.15. The van der Waals surface area contributed by atoms with Crippen molar-refractivity contribution in [2.24, 2.45) is 0 Å². The molecule has 2 rings (SSSR count). The molecule has 0 aromatic heterocycles. The summed E-state index contributed by atoms with van der Waals surface area (Å²) in [5.74, 6) is 0.186. The molecule has 0 bridgehead atoms. The molecule has 0 saturated heterocycles. The lowest BCUT2D eigenvalue weighted by molar-refractivity contribution is -0.142. The zero-order chi connectivity index (χ0) is 20.0. The highest BCUT2D eigenvalue weighted by Gasteiger charge is 2.25. The van der Waals surface area contributed by atoms with E-state index in [0.717, 1.165) is 21.2 Å². The standard InChI is InChI=1S/C21H25BrN2O3/c1-14-8-15(2)10-19(9-14)27-13-20(25)24(16(3)21(26)23-4)12-17-6-5-7-18(22)11-17/h5-11,16H,12-13H2,1-4H3,(H,23,26)/t16-/m0/s1. The summed E-state index contributed by atoms with van der Waals surface area (Å²) in [6.45, 7) is 5.87. The van der Waals surface area contributed by atoms with Crippen molar-refractivity contribution in [3.8, 4) is 5.75 Å². The normalized spacial score (nSPS) is 11.6. The van der Waals surface area contributed by atoms with Gasteiger partial charge in [-0.15, -0.1) is 0 Å². The molecule has 6 heteroatoms. The summed E-state index contributed by atoms with van der Waals surface area (Å²) in [7, 11) is 1.56. The molecule has 0 aliphatic heterocycles. The van der Waals surface area contributed by atoms with Gasteiger partial charge in [-0.1, -0.05) is 34.1 Å². The van der Waals surface area contributed by atoms with Crippen LogP contribution >= 0.6 is 15.9 Å². The van der Waals surface area contributed by atoms with E-state index in [1.54, 1.807) is 14.0 Å². The second kappa shape index (κ2) is 9.55. The van der Waals surface area contributed by atoms with E-state index in [2.05, 4.69) is 21.2 Å². The van der Waals surface area contributed by atoms with Crippen LogP contribution < -0.4 is 10.1 Å². The molecule has 5 nitrogen and oxygen atoms in total. The lowest BCUT2D eigenvalue weighted by Crippen LogP contribution is -2.48. The molecule has 0 spiro atoms. The highest BCUT2D eigenvalue weighted by atomic mass is 79.9. The highest BCUT2D eigenvalue weighted by molar-refractivity contribution is 9.10. The minimum Gasteiger partial charge on any atom is -0.484 e. The Kier molecular flexibility index (Phi) is 7.42. The predicted octanol–water partition coefficient (Wildman–Crippen LogP) is 3.61. The predicted molar refractivity (Wildman–Crippen MR) is 110 cm³/mol. The van der Waals surface area contributed by atoms with Crippen molar-refractivity contribution in [2.45, 2.75) is 33.4 Å². The van der Waals surface area contributed by atoms with Crippen LogP contribution in [-0.4, -0.2) is 36.4 Å². The van der Waals surface area contributed by atoms with E-state index in [1.165, 1.54) is 4.90 Å². The fraction of sp³-hybridized carbons (Fsp3) is 0.333. The summed E-state index contributed by atoms with van der Waals surface area (Å²) < 4.78 is 6.63. The number of likely N-dealkylation sites (N-methyl/N-ethyl adjacent to an activating group) is 1. The Hall–Kier alpha value is -2.34. The maximum absolute atomic E-state index is 12.8. The van der Waals surface area contributed by atoms with Gasteiger partial charge in [0.2, 0.25) is 5.91 Å². The number of aryl methyl sites for hydroxylation is 2. The van der Waals surface area contributed by atoms with E-state index in [-0.39, 0.29) is 18.4 Å². The Labute approximate surface area is 168 Å². The average Bonchev–Trinajstić information content (AvgIpc) is 2.62. The zero-order valence-corrected chi connectivity index (χ0v) is 17.7. The largest absolute Gasteiger partial charge is 0.484 e. The maximum atomic E-state index is 12.8. The van der Waals surface area contributed by atoms with Crippen LogP contribution in [0.15, 0.2) is 46.9 Å². The molecule has 2 aromatic carbocycles. The summed E-state index contributed by atoms with van der Waals surface area (Å²) in [5, 5.41) is 2.60. The van der Waals surface area contributed by atoms with Crippen LogP contribution in [0.3, 0.4) is 0 Å². The smallest absolute Gasteiger partial charge is 0.261 e. The third-order valence-electron chi connectivity index (χ3n) is 4.21. The minimum atomic E-state index is -0.607. The van der Waals surface area contributed by atoms with Crippen molar-refractivity contribution in [3.05, 3.63) is 63.6 Å². The van der Waals surface area contributed by atoms with Crippen LogP contribution in [0.5, 0.6) is 5.75 Å². The van der Waals surface area contributed by atoms with Gasteiger partial charge in [0.15, 0.2) is 6.61 Å². The van der Waals surface area contributed by atoms with Crippen LogP contribution in [0, 0.1) is 13.8 Å². The van der Waals surface area contributed by atoms with E-state index in [4.69, 9.17) is 4.74 Å². The number of halogens is 1. The Morgan fingerprint density at radius 1 is 1.15 bits per heavy atom. The van der Waals surface area contributed by atoms with E-state index in [1.807, 2.05) is 56.3 Å². The molecule has 1 N–H and O–H groups in total. The van der Waals surface area contributed by atoms with Crippen molar-refractivity contribution in [1.82, 2.24) is 10.2 Å². The van der Waals surface area contributed by atoms with Gasteiger partial charge in [0.05, 0.1) is 0 Å². The molecule has 0 heterocycles. The maximum Gasteiger partial charge on any atom is 0.261 e. The molecular formula is C21H25BrN2O3. The number of nitrogens with zero attached hydrogens (tertiary/aromatic N) is 1. The molecule has 0 aliphatic carbocycles. The van der Waals surface area contributed by atoms with E-state index in [9.17, 15) is 9.59 Å². The fourth-order valence-electron chi connectivity index (χ4n) is 2.87. The number of benzene rings is 2. The van der Waals surface area contributed by atoms with Gasteiger partial charge in [0, 0.05) is 18.1 Å². The van der Waals surface area contributed by atoms with Crippen molar-refractivity contribution in [1.29, 1.82) is 0 Å². The molecule has 2 amide bonds. The second-order valence-electron chi connectivity index (χ2n) is 6.55. The fourth-order valence-corrected chi connectivity index (χ4v) is 3.31. The number of hydrogen-bond acceptors (Lipinski definition) is 3. The molecule has 0 radical (unpaired) electrons. The first-order chi connectivity index (χ1) is 12.8. The van der Waals surface area contributed by atoms with Gasteiger partial charge in [-0.25, -0.2) is 0 Å². The van der Waals surface area contributed by atoms with Crippen LogP contribution in [0.2, 0.25) is 0 Å². The first-order valence-electron chi connectivity index (χ1n) is 8.76. The van der Waals surface area contributed by atoms with Crippen molar-refractivity contribution in [3.63, 3.8) is 0 Å². The SMILES string of the molecule is CNC(=O)[C@H](C)N(Cc1cccc(Br)c1)C(=O)COc1cc(C)cc(C)c1. The quantitative estimate of drug-likeness (QED) is 0.726. The van der Waals surface area contributed by atoms with Crippen LogP contribution in [0.1, 0.15) is 23.6 Å². The molecule has 0 saturated carbocycles. The molecule has 2 aromatic rings. The summed E-state index contributed by atoms with van der Waals surface area (Å²) in [5.41, 5.74) is 3.07. The van der Waals surface area contributed by atoms with Crippen LogP contribution in [0.4, 0.5) is 0 Å². The molecule has 1 atom stereocenters. The zero-order valence-electron chi connectivity index (χ0n) is 16.1. The lowest BCUT2D eigenvalue weighted by atomic mass is 10.1. The monoisotopic (exact) mass is 432 g/mol. The van der Waals surface area contributed by atoms with Gasteiger partial charge >= 0.3 is 0 Å². The molecular weight excluding hydrogens is 408 g/mol. The molecule has 0 aliphatic rings. The van der Waals surface area contributed by atoms with Crippen LogP contribution in [0.25, 0.3) is 0 Å². The number of nitrogens with one attached hydrogen (secondary N) is 1. The van der Waals surface area contributed by atoms with Gasteiger partial charge < -0.3 is 15.0 Å². The van der Waals surface area contributed by atoms with Crippen LogP contribution in [-0.2, 0) is 16.1 Å². The van der Waals surface area contributed by atoms with E-state index < -0.39 is 6.04 Å². The van der Waals surface area contributed by atoms with Gasteiger partial charge in [-0.05, 0) is 61.7 Å². The van der Waals surface area contributed by atoms with Gasteiger partial charge in [0.25, 0.3) is 5.91 Å². The number of ether oxygens (including phenoxy) is 1. The number of carbonyl (C=O) groups is 2. The minimum absolute atomic E-state index is 0.127. The highest BCUT2D eigenvalue weighted by Crippen LogP contribution is 2.18. The topological polar surface area (TPSA) is 58.6 Å². The molecule has 0 fully saturated rings.